The van der Waals surface area contributed by atoms with E-state index in [0.717, 1.165) is 22.4 Å². The molecule has 0 bridgehead atoms. The van der Waals surface area contributed by atoms with Gasteiger partial charge in [-0.25, -0.2) is 4.98 Å². The number of nitriles is 1. The zero-order valence-electron chi connectivity index (χ0n) is 8.66. The molecule has 76 valence electrons. The maximum atomic E-state index is 8.47. The third-order valence-electron chi connectivity index (χ3n) is 2.11. The first-order valence-corrected chi connectivity index (χ1v) is 4.67. The molecule has 4 nitrogen and oxygen atoms in total. The molecule has 0 aliphatic rings. The second-order valence-corrected chi connectivity index (χ2v) is 3.43. The number of ether oxygens (including phenoxy) is 1. The fourth-order valence-corrected chi connectivity index (χ4v) is 1.57. The van der Waals surface area contributed by atoms with Gasteiger partial charge in [0.1, 0.15) is 23.2 Å². The second-order valence-electron chi connectivity index (χ2n) is 3.43. The van der Waals surface area contributed by atoms with E-state index in [9.17, 15) is 0 Å². The molecule has 0 aliphatic heterocycles. The number of hydrogen-bond donors (Lipinski definition) is 1. The van der Waals surface area contributed by atoms with Gasteiger partial charge < -0.3 is 9.72 Å². The van der Waals surface area contributed by atoms with Gasteiger partial charge in [-0.05, 0) is 31.5 Å². The fraction of sp³-hybridized carbons (Fsp3) is 0.273. The molecule has 2 aromatic rings. The van der Waals surface area contributed by atoms with Gasteiger partial charge in [-0.15, -0.1) is 0 Å². The smallest absolute Gasteiger partial charge is 0.174 e. The van der Waals surface area contributed by atoms with Crippen LogP contribution in [-0.2, 0) is 0 Å². The quantitative estimate of drug-likeness (QED) is 0.809. The van der Waals surface area contributed by atoms with Crippen molar-refractivity contribution >= 4 is 11.0 Å². The van der Waals surface area contributed by atoms with E-state index in [-0.39, 0.29) is 6.61 Å². The van der Waals surface area contributed by atoms with Crippen LogP contribution >= 0.6 is 0 Å². The Morgan fingerprint density at radius 3 is 3.00 bits per heavy atom. The Morgan fingerprint density at radius 1 is 1.47 bits per heavy atom. The van der Waals surface area contributed by atoms with Crippen molar-refractivity contribution in [3.63, 3.8) is 0 Å². The van der Waals surface area contributed by atoms with Crippen molar-refractivity contribution in [2.45, 2.75) is 13.8 Å². The number of hydrogen-bond acceptors (Lipinski definition) is 3. The number of aromatic nitrogens is 2. The molecule has 0 spiro atoms. The van der Waals surface area contributed by atoms with Crippen LogP contribution in [-0.4, -0.2) is 16.6 Å². The van der Waals surface area contributed by atoms with Crippen LogP contribution in [0.25, 0.3) is 11.0 Å². The first-order chi connectivity index (χ1) is 7.20. The van der Waals surface area contributed by atoms with Gasteiger partial charge in [0.25, 0.3) is 0 Å². The van der Waals surface area contributed by atoms with E-state index >= 15 is 0 Å². The van der Waals surface area contributed by atoms with Crippen molar-refractivity contribution in [1.29, 1.82) is 5.26 Å². The summed E-state index contributed by atoms with van der Waals surface area (Å²) in [6.07, 6.45) is 0. The maximum Gasteiger partial charge on any atom is 0.174 e. The highest BCUT2D eigenvalue weighted by Gasteiger charge is 2.07. The molecule has 0 radical (unpaired) electrons. The summed E-state index contributed by atoms with van der Waals surface area (Å²) >= 11 is 0. The Kier molecular flexibility index (Phi) is 2.30. The Morgan fingerprint density at radius 2 is 2.27 bits per heavy atom. The van der Waals surface area contributed by atoms with Gasteiger partial charge in [0, 0.05) is 0 Å². The van der Waals surface area contributed by atoms with Crippen LogP contribution in [0.3, 0.4) is 0 Å². The zero-order chi connectivity index (χ0) is 10.8. The lowest BCUT2D eigenvalue weighted by Crippen LogP contribution is -1.94. The van der Waals surface area contributed by atoms with Crippen LogP contribution in [0.1, 0.15) is 11.4 Å². The molecule has 0 unspecified atom stereocenters. The third-order valence-corrected chi connectivity index (χ3v) is 2.11. The van der Waals surface area contributed by atoms with Crippen LogP contribution in [0.5, 0.6) is 5.75 Å². The van der Waals surface area contributed by atoms with Crippen LogP contribution < -0.4 is 4.74 Å². The Balaban J connectivity index is 2.56. The standard InChI is InChI=1S/C11H11N3O/c1-7-5-9-11(14-8(2)13-9)10(6-7)15-4-3-12/h5-6H,4H2,1-2H3,(H,13,14). The molecular weight excluding hydrogens is 190 g/mol. The van der Waals surface area contributed by atoms with E-state index < -0.39 is 0 Å². The average Bonchev–Trinajstić information content (AvgIpc) is 2.54. The predicted molar refractivity (Wildman–Crippen MR) is 56.7 cm³/mol. The molecular formula is C11H11N3O. The highest BCUT2D eigenvalue weighted by atomic mass is 16.5. The minimum absolute atomic E-state index is 0.0461. The van der Waals surface area contributed by atoms with Crippen molar-refractivity contribution in [3.05, 3.63) is 23.5 Å². The lowest BCUT2D eigenvalue weighted by Gasteiger charge is -2.03. The van der Waals surface area contributed by atoms with Crippen molar-refractivity contribution in [1.82, 2.24) is 9.97 Å². The summed E-state index contributed by atoms with van der Waals surface area (Å²) in [5.41, 5.74) is 2.81. The van der Waals surface area contributed by atoms with Gasteiger partial charge in [-0.1, -0.05) is 0 Å². The molecule has 2 rings (SSSR count). The summed E-state index contributed by atoms with van der Waals surface area (Å²) in [5.74, 6) is 1.51. The largest absolute Gasteiger partial charge is 0.476 e. The topological polar surface area (TPSA) is 61.7 Å². The van der Waals surface area contributed by atoms with Gasteiger partial charge in [0.2, 0.25) is 0 Å². The van der Waals surface area contributed by atoms with Crippen molar-refractivity contribution in [2.75, 3.05) is 6.61 Å². The monoisotopic (exact) mass is 201 g/mol. The van der Waals surface area contributed by atoms with E-state index in [0.29, 0.717) is 5.75 Å². The Bertz CT molecular complexity index is 536. The number of nitrogens with zero attached hydrogens (tertiary/aromatic N) is 2. The number of H-pyrrole nitrogens is 1. The van der Waals surface area contributed by atoms with Crippen LogP contribution in [0, 0.1) is 25.2 Å². The molecule has 1 aromatic carbocycles. The Labute approximate surface area is 87.5 Å². The van der Waals surface area contributed by atoms with Crippen molar-refractivity contribution in [2.24, 2.45) is 0 Å². The fourth-order valence-electron chi connectivity index (χ4n) is 1.57. The normalized spacial score (nSPS) is 10.2. The summed E-state index contributed by atoms with van der Waals surface area (Å²) in [7, 11) is 0. The van der Waals surface area contributed by atoms with Gasteiger partial charge >= 0.3 is 0 Å². The number of aromatic amines is 1. The molecule has 0 saturated heterocycles. The molecule has 1 aromatic heterocycles. The van der Waals surface area contributed by atoms with E-state index in [2.05, 4.69) is 9.97 Å². The summed E-state index contributed by atoms with van der Waals surface area (Å²) < 4.78 is 5.32. The van der Waals surface area contributed by atoms with E-state index in [1.54, 1.807) is 0 Å². The zero-order valence-corrected chi connectivity index (χ0v) is 8.66. The van der Waals surface area contributed by atoms with Crippen LogP contribution in [0.4, 0.5) is 0 Å². The Hall–Kier alpha value is -2.02. The number of benzene rings is 1. The van der Waals surface area contributed by atoms with Gasteiger partial charge in [-0.2, -0.15) is 5.26 Å². The highest BCUT2D eigenvalue weighted by molar-refractivity contribution is 5.82. The predicted octanol–water partition coefficient (Wildman–Crippen LogP) is 2.08. The van der Waals surface area contributed by atoms with E-state index in [1.165, 1.54) is 0 Å². The van der Waals surface area contributed by atoms with E-state index in [1.807, 2.05) is 32.0 Å². The molecule has 1 N–H and O–H groups in total. The van der Waals surface area contributed by atoms with Crippen LogP contribution in [0.15, 0.2) is 12.1 Å². The molecule has 0 fully saturated rings. The lowest BCUT2D eigenvalue weighted by molar-refractivity contribution is 0.371. The first-order valence-electron chi connectivity index (χ1n) is 4.67. The first kappa shape index (κ1) is 9.53. The number of rotatable bonds is 2. The number of nitrogens with one attached hydrogen (secondary N) is 1. The second kappa shape index (κ2) is 3.62. The molecule has 0 amide bonds. The van der Waals surface area contributed by atoms with Gasteiger partial charge in [0.15, 0.2) is 6.61 Å². The maximum absolute atomic E-state index is 8.47. The molecule has 0 aliphatic carbocycles. The molecule has 0 atom stereocenters. The number of fused-ring (bicyclic) bond motifs is 1. The average molecular weight is 201 g/mol. The molecule has 15 heavy (non-hydrogen) atoms. The SMILES string of the molecule is Cc1cc(OCC#N)c2nc(C)[nH]c2c1. The highest BCUT2D eigenvalue weighted by Crippen LogP contribution is 2.25. The lowest BCUT2D eigenvalue weighted by atomic mass is 10.2. The minimum atomic E-state index is 0.0461. The summed E-state index contributed by atoms with van der Waals surface area (Å²) in [5, 5.41) is 8.47. The minimum Gasteiger partial charge on any atom is -0.476 e. The van der Waals surface area contributed by atoms with Gasteiger partial charge in [0.05, 0.1) is 5.52 Å². The number of aryl methyl sites for hydroxylation is 2. The third kappa shape index (κ3) is 1.77. The van der Waals surface area contributed by atoms with Crippen molar-refractivity contribution < 1.29 is 4.74 Å². The molecule has 1 heterocycles. The summed E-state index contributed by atoms with van der Waals surface area (Å²) in [4.78, 5) is 7.46. The molecule has 0 saturated carbocycles. The summed E-state index contributed by atoms with van der Waals surface area (Å²) in [6, 6.07) is 5.84. The van der Waals surface area contributed by atoms with Gasteiger partial charge in [-0.3, -0.25) is 0 Å². The van der Waals surface area contributed by atoms with E-state index in [4.69, 9.17) is 10.00 Å². The van der Waals surface area contributed by atoms with Crippen LogP contribution in [0.2, 0.25) is 0 Å². The molecule has 4 heteroatoms. The van der Waals surface area contributed by atoms with Crippen molar-refractivity contribution in [3.8, 4) is 11.8 Å². The number of imidazole rings is 1. The summed E-state index contributed by atoms with van der Waals surface area (Å²) in [6.45, 7) is 3.92.